The van der Waals surface area contributed by atoms with Crippen LogP contribution >= 0.6 is 12.2 Å². The van der Waals surface area contributed by atoms with E-state index in [1.807, 2.05) is 29.8 Å². The minimum absolute atomic E-state index is 0.537. The molecule has 1 aliphatic rings. The number of aryl methyl sites for hydroxylation is 1. The molecule has 1 aromatic carbocycles. The highest BCUT2D eigenvalue weighted by atomic mass is 32.1. The molecule has 0 bridgehead atoms. The van der Waals surface area contributed by atoms with Crippen LogP contribution in [0.25, 0.3) is 0 Å². The summed E-state index contributed by atoms with van der Waals surface area (Å²) in [5, 5.41) is 12.7. The van der Waals surface area contributed by atoms with Gasteiger partial charge in [0.2, 0.25) is 0 Å². The average molecular weight is 415 g/mol. The van der Waals surface area contributed by atoms with E-state index in [0.29, 0.717) is 5.11 Å². The molecular weight excluding hydrogens is 384 g/mol. The van der Waals surface area contributed by atoms with Gasteiger partial charge < -0.3 is 10.1 Å². The molecule has 0 saturated carbocycles. The summed E-state index contributed by atoms with van der Waals surface area (Å²) in [6, 6.07) is 10.3. The Bertz CT molecular complexity index is 814. The van der Waals surface area contributed by atoms with Crippen LogP contribution in [-0.2, 0) is 11.3 Å². The van der Waals surface area contributed by atoms with Crippen molar-refractivity contribution in [3.8, 4) is 0 Å². The van der Waals surface area contributed by atoms with E-state index in [-0.39, 0.29) is 0 Å². The number of rotatable bonds is 8. The standard InChI is InChI=1S/C21H30N6OS/c1-17-20(18(2)27(25-17)16-19-7-4-3-5-8-19)15-23-24-21(29)22-9-6-10-26-11-13-28-14-12-26/h3-5,7-8,15H,6,9-14,16H2,1-2H3,(H2,22,24,29)/b23-15-. The summed E-state index contributed by atoms with van der Waals surface area (Å²) in [4.78, 5) is 2.42. The first-order valence-corrected chi connectivity index (χ1v) is 10.5. The number of thiocarbonyl (C=S) groups is 1. The van der Waals surface area contributed by atoms with E-state index in [9.17, 15) is 0 Å². The van der Waals surface area contributed by atoms with Crippen LogP contribution in [0.3, 0.4) is 0 Å². The summed E-state index contributed by atoms with van der Waals surface area (Å²) < 4.78 is 7.37. The minimum atomic E-state index is 0.537. The minimum Gasteiger partial charge on any atom is -0.379 e. The molecule has 2 heterocycles. The van der Waals surface area contributed by atoms with Gasteiger partial charge in [-0.15, -0.1) is 0 Å². The second-order valence-electron chi connectivity index (χ2n) is 7.16. The monoisotopic (exact) mass is 414 g/mol. The second-order valence-corrected chi connectivity index (χ2v) is 7.57. The van der Waals surface area contributed by atoms with E-state index in [1.54, 1.807) is 6.21 Å². The molecular formula is C21H30N6OS. The third-order valence-corrected chi connectivity index (χ3v) is 5.25. The van der Waals surface area contributed by atoms with E-state index >= 15 is 0 Å². The zero-order chi connectivity index (χ0) is 20.5. The average Bonchev–Trinajstić information content (AvgIpc) is 3.00. The first-order chi connectivity index (χ1) is 14.1. The Morgan fingerprint density at radius 2 is 2.00 bits per heavy atom. The number of aromatic nitrogens is 2. The molecule has 7 nitrogen and oxygen atoms in total. The van der Waals surface area contributed by atoms with Gasteiger partial charge in [0.05, 0.1) is 31.7 Å². The van der Waals surface area contributed by atoms with Crippen molar-refractivity contribution in [1.82, 2.24) is 25.4 Å². The van der Waals surface area contributed by atoms with Gasteiger partial charge >= 0.3 is 0 Å². The fraction of sp³-hybridized carbons (Fsp3) is 0.476. The van der Waals surface area contributed by atoms with E-state index in [4.69, 9.17) is 17.0 Å². The van der Waals surface area contributed by atoms with Gasteiger partial charge in [-0.3, -0.25) is 15.0 Å². The summed E-state index contributed by atoms with van der Waals surface area (Å²) in [6.07, 6.45) is 2.83. The van der Waals surface area contributed by atoms with Gasteiger partial charge in [0.25, 0.3) is 0 Å². The maximum Gasteiger partial charge on any atom is 0.186 e. The van der Waals surface area contributed by atoms with Crippen LogP contribution < -0.4 is 10.7 Å². The number of morpholine rings is 1. The third-order valence-electron chi connectivity index (χ3n) is 5.01. The Balaban J connectivity index is 1.43. The first-order valence-electron chi connectivity index (χ1n) is 10.1. The van der Waals surface area contributed by atoms with Crippen molar-refractivity contribution < 1.29 is 4.74 Å². The van der Waals surface area contributed by atoms with Crippen molar-refractivity contribution in [2.75, 3.05) is 39.4 Å². The Morgan fingerprint density at radius 3 is 2.76 bits per heavy atom. The maximum atomic E-state index is 5.36. The van der Waals surface area contributed by atoms with Crippen LogP contribution in [0.4, 0.5) is 0 Å². The lowest BCUT2D eigenvalue weighted by Gasteiger charge is -2.26. The highest BCUT2D eigenvalue weighted by Crippen LogP contribution is 2.12. The molecule has 1 saturated heterocycles. The van der Waals surface area contributed by atoms with Crippen LogP contribution in [0.15, 0.2) is 35.4 Å². The van der Waals surface area contributed by atoms with E-state index in [0.717, 1.165) is 69.3 Å². The number of hydrogen-bond acceptors (Lipinski definition) is 5. The van der Waals surface area contributed by atoms with Crippen molar-refractivity contribution in [2.24, 2.45) is 5.10 Å². The molecule has 0 amide bonds. The molecule has 2 aromatic rings. The van der Waals surface area contributed by atoms with Gasteiger partial charge in [-0.2, -0.15) is 10.2 Å². The largest absolute Gasteiger partial charge is 0.379 e. The van der Waals surface area contributed by atoms with E-state index < -0.39 is 0 Å². The van der Waals surface area contributed by atoms with E-state index in [2.05, 4.69) is 44.9 Å². The van der Waals surface area contributed by atoms with Crippen LogP contribution in [0.2, 0.25) is 0 Å². The summed E-state index contributed by atoms with van der Waals surface area (Å²) in [5.41, 5.74) is 7.18. The summed E-state index contributed by atoms with van der Waals surface area (Å²) in [6.45, 7) is 10.4. The Morgan fingerprint density at radius 1 is 1.24 bits per heavy atom. The maximum absolute atomic E-state index is 5.36. The lowest BCUT2D eigenvalue weighted by Crippen LogP contribution is -2.39. The zero-order valence-corrected chi connectivity index (χ0v) is 18.0. The normalized spacial score (nSPS) is 15.0. The predicted molar refractivity (Wildman–Crippen MR) is 120 cm³/mol. The molecule has 3 rings (SSSR count). The topological polar surface area (TPSA) is 66.7 Å². The molecule has 0 spiro atoms. The number of hydrogen-bond donors (Lipinski definition) is 2. The lowest BCUT2D eigenvalue weighted by molar-refractivity contribution is 0.0376. The Kier molecular flexibility index (Phi) is 8.15. The molecule has 0 radical (unpaired) electrons. The Hall–Kier alpha value is -2.29. The molecule has 2 N–H and O–H groups in total. The Labute approximate surface area is 178 Å². The second kappa shape index (κ2) is 11.0. The highest BCUT2D eigenvalue weighted by molar-refractivity contribution is 7.80. The van der Waals surface area contributed by atoms with Gasteiger partial charge in [0.1, 0.15) is 0 Å². The van der Waals surface area contributed by atoms with Gasteiger partial charge in [-0.05, 0) is 44.6 Å². The van der Waals surface area contributed by atoms with Crippen molar-refractivity contribution in [3.63, 3.8) is 0 Å². The SMILES string of the molecule is Cc1nn(Cc2ccccc2)c(C)c1/C=N\NC(=S)NCCCN1CCOCC1. The van der Waals surface area contributed by atoms with Crippen LogP contribution in [-0.4, -0.2) is 65.4 Å². The van der Waals surface area contributed by atoms with Gasteiger partial charge in [0, 0.05) is 30.9 Å². The van der Waals surface area contributed by atoms with Crippen LogP contribution in [0.1, 0.15) is 28.9 Å². The van der Waals surface area contributed by atoms with Crippen LogP contribution in [0, 0.1) is 13.8 Å². The molecule has 1 aromatic heterocycles. The third kappa shape index (κ3) is 6.62. The molecule has 1 aliphatic heterocycles. The highest BCUT2D eigenvalue weighted by Gasteiger charge is 2.11. The van der Waals surface area contributed by atoms with Crippen molar-refractivity contribution in [3.05, 3.63) is 52.8 Å². The van der Waals surface area contributed by atoms with Gasteiger partial charge in [-0.1, -0.05) is 30.3 Å². The molecule has 0 atom stereocenters. The van der Waals surface area contributed by atoms with Crippen LogP contribution in [0.5, 0.6) is 0 Å². The molecule has 8 heteroatoms. The summed E-state index contributed by atoms with van der Waals surface area (Å²) >= 11 is 5.31. The predicted octanol–water partition coefficient (Wildman–Crippen LogP) is 2.07. The smallest absolute Gasteiger partial charge is 0.186 e. The van der Waals surface area contributed by atoms with Gasteiger partial charge in [-0.25, -0.2) is 0 Å². The number of benzene rings is 1. The number of hydrazone groups is 1. The van der Waals surface area contributed by atoms with E-state index in [1.165, 1.54) is 5.56 Å². The molecule has 0 unspecified atom stereocenters. The number of ether oxygens (including phenoxy) is 1. The lowest BCUT2D eigenvalue weighted by atomic mass is 10.2. The van der Waals surface area contributed by atoms with Crippen molar-refractivity contribution in [2.45, 2.75) is 26.8 Å². The first kappa shape index (κ1) is 21.4. The molecule has 1 fully saturated rings. The molecule has 0 aliphatic carbocycles. The zero-order valence-electron chi connectivity index (χ0n) is 17.2. The fourth-order valence-electron chi connectivity index (χ4n) is 3.33. The van der Waals surface area contributed by atoms with Crippen molar-refractivity contribution in [1.29, 1.82) is 0 Å². The molecule has 156 valence electrons. The molecule has 29 heavy (non-hydrogen) atoms. The van der Waals surface area contributed by atoms with Gasteiger partial charge in [0.15, 0.2) is 5.11 Å². The summed E-state index contributed by atoms with van der Waals surface area (Å²) in [7, 11) is 0. The fourth-order valence-corrected chi connectivity index (χ4v) is 3.49. The quantitative estimate of drug-likeness (QED) is 0.298. The number of nitrogens with zero attached hydrogens (tertiary/aromatic N) is 4. The van der Waals surface area contributed by atoms with Crippen molar-refractivity contribution >= 4 is 23.5 Å². The summed E-state index contributed by atoms with van der Waals surface area (Å²) in [5.74, 6) is 0. The number of nitrogens with one attached hydrogen (secondary N) is 2.